The van der Waals surface area contributed by atoms with Gasteiger partial charge in [0.05, 0.1) is 5.56 Å². The Morgan fingerprint density at radius 1 is 1.26 bits per heavy atom. The van der Waals surface area contributed by atoms with Gasteiger partial charge in [0.15, 0.2) is 0 Å². The number of carbonyl (C=O) groups excluding carboxylic acids is 1. The van der Waals surface area contributed by atoms with Crippen LogP contribution in [0.5, 0.6) is 0 Å². The fourth-order valence-electron chi connectivity index (χ4n) is 2.59. The van der Waals surface area contributed by atoms with Crippen molar-refractivity contribution in [3.05, 3.63) is 29.8 Å². The number of para-hydroxylation sites is 1. The van der Waals surface area contributed by atoms with Crippen LogP contribution >= 0.6 is 0 Å². The third-order valence-corrected chi connectivity index (χ3v) is 3.81. The quantitative estimate of drug-likeness (QED) is 0.897. The van der Waals surface area contributed by atoms with Gasteiger partial charge in [0.1, 0.15) is 0 Å². The Morgan fingerprint density at radius 2 is 1.89 bits per heavy atom. The van der Waals surface area contributed by atoms with Gasteiger partial charge >= 0.3 is 0 Å². The van der Waals surface area contributed by atoms with Gasteiger partial charge in [-0.25, -0.2) is 0 Å². The average Bonchev–Trinajstić information content (AvgIpc) is 2.46. The van der Waals surface area contributed by atoms with Crippen molar-refractivity contribution in [2.75, 3.05) is 39.1 Å². The fraction of sp³-hybridized carbons (Fsp3) is 0.533. The van der Waals surface area contributed by atoms with E-state index in [4.69, 9.17) is 0 Å². The summed E-state index contributed by atoms with van der Waals surface area (Å²) in [5.41, 5.74) is 1.79. The first-order chi connectivity index (χ1) is 9.13. The summed E-state index contributed by atoms with van der Waals surface area (Å²) in [5.74, 6) is 0.152. The number of hydrogen-bond acceptors (Lipinski definition) is 3. The zero-order chi connectivity index (χ0) is 13.8. The Labute approximate surface area is 115 Å². The molecule has 0 bridgehead atoms. The third kappa shape index (κ3) is 3.07. The molecule has 0 saturated carbocycles. The zero-order valence-corrected chi connectivity index (χ0v) is 12.0. The molecule has 2 rings (SSSR count). The normalized spacial score (nSPS) is 16.5. The highest BCUT2D eigenvalue weighted by molar-refractivity contribution is 5.99. The van der Waals surface area contributed by atoms with Crippen molar-refractivity contribution in [3.8, 4) is 0 Å². The summed E-state index contributed by atoms with van der Waals surface area (Å²) in [6.45, 7) is 1.68. The van der Waals surface area contributed by atoms with Crippen LogP contribution in [-0.4, -0.2) is 51.1 Å². The molecule has 0 aliphatic carbocycles. The summed E-state index contributed by atoms with van der Waals surface area (Å²) < 4.78 is 0. The maximum absolute atomic E-state index is 12.6. The number of likely N-dealkylation sites (tertiary alicyclic amines) is 1. The van der Waals surface area contributed by atoms with Crippen LogP contribution in [0.2, 0.25) is 0 Å². The Kier molecular flexibility index (Phi) is 4.43. The first kappa shape index (κ1) is 13.9. The van der Waals surface area contributed by atoms with Crippen molar-refractivity contribution in [2.24, 2.45) is 0 Å². The van der Waals surface area contributed by atoms with E-state index >= 15 is 0 Å². The van der Waals surface area contributed by atoms with E-state index in [0.29, 0.717) is 6.04 Å². The molecule has 1 aromatic rings. The molecule has 0 atom stereocenters. The van der Waals surface area contributed by atoms with Crippen molar-refractivity contribution < 1.29 is 4.79 Å². The molecule has 1 aliphatic heterocycles. The summed E-state index contributed by atoms with van der Waals surface area (Å²) >= 11 is 0. The standard InChI is InChI=1S/C15H23N3O/c1-16-12-8-10-18(11-9-12)15(19)13-6-4-5-7-14(13)17(2)3/h4-7,12,16H,8-11H2,1-3H3. The molecule has 19 heavy (non-hydrogen) atoms. The van der Waals surface area contributed by atoms with Gasteiger partial charge in [-0.1, -0.05) is 12.1 Å². The minimum Gasteiger partial charge on any atom is -0.377 e. The highest BCUT2D eigenvalue weighted by Gasteiger charge is 2.24. The largest absolute Gasteiger partial charge is 0.377 e. The molecule has 0 aromatic heterocycles. The lowest BCUT2D eigenvalue weighted by Crippen LogP contribution is -2.44. The van der Waals surface area contributed by atoms with Crippen molar-refractivity contribution in [1.29, 1.82) is 0 Å². The van der Waals surface area contributed by atoms with Crippen LogP contribution in [0.4, 0.5) is 5.69 Å². The van der Waals surface area contributed by atoms with Crippen LogP contribution in [0.15, 0.2) is 24.3 Å². The maximum Gasteiger partial charge on any atom is 0.255 e. The average molecular weight is 261 g/mol. The van der Waals surface area contributed by atoms with E-state index in [1.165, 1.54) is 0 Å². The monoisotopic (exact) mass is 261 g/mol. The van der Waals surface area contributed by atoms with Gasteiger partial charge in [-0.15, -0.1) is 0 Å². The Balaban J connectivity index is 2.12. The molecular formula is C15H23N3O. The number of nitrogens with one attached hydrogen (secondary N) is 1. The van der Waals surface area contributed by atoms with Crippen molar-refractivity contribution in [1.82, 2.24) is 10.2 Å². The zero-order valence-electron chi connectivity index (χ0n) is 12.0. The molecule has 1 aliphatic rings. The first-order valence-electron chi connectivity index (χ1n) is 6.86. The molecule has 1 aromatic carbocycles. The minimum absolute atomic E-state index is 0.152. The van der Waals surface area contributed by atoms with Gasteiger partial charge in [0.25, 0.3) is 5.91 Å². The first-order valence-corrected chi connectivity index (χ1v) is 6.86. The second-order valence-corrected chi connectivity index (χ2v) is 5.27. The van der Waals surface area contributed by atoms with Gasteiger partial charge in [0.2, 0.25) is 0 Å². The molecular weight excluding hydrogens is 238 g/mol. The summed E-state index contributed by atoms with van der Waals surface area (Å²) in [4.78, 5) is 16.6. The predicted molar refractivity (Wildman–Crippen MR) is 78.8 cm³/mol. The molecule has 1 fully saturated rings. The molecule has 0 radical (unpaired) electrons. The van der Waals surface area contributed by atoms with Crippen molar-refractivity contribution >= 4 is 11.6 Å². The predicted octanol–water partition coefficient (Wildman–Crippen LogP) is 1.58. The second-order valence-electron chi connectivity index (χ2n) is 5.27. The van der Waals surface area contributed by atoms with E-state index in [0.717, 1.165) is 37.2 Å². The molecule has 1 heterocycles. The number of hydrogen-bond donors (Lipinski definition) is 1. The summed E-state index contributed by atoms with van der Waals surface area (Å²) in [6.07, 6.45) is 2.07. The number of amides is 1. The van der Waals surface area contributed by atoms with Crippen LogP contribution < -0.4 is 10.2 Å². The number of rotatable bonds is 3. The molecule has 4 nitrogen and oxygen atoms in total. The molecule has 0 unspecified atom stereocenters. The van der Waals surface area contributed by atoms with E-state index in [1.807, 2.05) is 55.2 Å². The molecule has 1 N–H and O–H groups in total. The van der Waals surface area contributed by atoms with Crippen LogP contribution in [-0.2, 0) is 0 Å². The smallest absolute Gasteiger partial charge is 0.255 e. The highest BCUT2D eigenvalue weighted by Crippen LogP contribution is 2.21. The lowest BCUT2D eigenvalue weighted by atomic mass is 10.0. The van der Waals surface area contributed by atoms with E-state index < -0.39 is 0 Å². The van der Waals surface area contributed by atoms with Crippen LogP contribution in [0.3, 0.4) is 0 Å². The second kappa shape index (κ2) is 6.06. The topological polar surface area (TPSA) is 35.6 Å². The van der Waals surface area contributed by atoms with Gasteiger partial charge in [-0.2, -0.15) is 0 Å². The highest BCUT2D eigenvalue weighted by atomic mass is 16.2. The van der Waals surface area contributed by atoms with Crippen LogP contribution in [0.1, 0.15) is 23.2 Å². The number of carbonyl (C=O) groups is 1. The van der Waals surface area contributed by atoms with Gasteiger partial charge < -0.3 is 15.1 Å². The van der Waals surface area contributed by atoms with Crippen molar-refractivity contribution in [2.45, 2.75) is 18.9 Å². The molecule has 1 amide bonds. The maximum atomic E-state index is 12.6. The van der Waals surface area contributed by atoms with Crippen LogP contribution in [0.25, 0.3) is 0 Å². The van der Waals surface area contributed by atoms with Gasteiger partial charge in [-0.05, 0) is 32.0 Å². The van der Waals surface area contributed by atoms with E-state index in [9.17, 15) is 4.79 Å². The van der Waals surface area contributed by atoms with Crippen LogP contribution in [0, 0.1) is 0 Å². The molecule has 1 saturated heterocycles. The van der Waals surface area contributed by atoms with E-state index in [-0.39, 0.29) is 5.91 Å². The third-order valence-electron chi connectivity index (χ3n) is 3.81. The number of nitrogens with zero attached hydrogens (tertiary/aromatic N) is 2. The van der Waals surface area contributed by atoms with Gasteiger partial charge in [0, 0.05) is 38.9 Å². The summed E-state index contributed by atoms with van der Waals surface area (Å²) in [5, 5.41) is 3.29. The van der Waals surface area contributed by atoms with Gasteiger partial charge in [-0.3, -0.25) is 4.79 Å². The van der Waals surface area contributed by atoms with E-state index in [2.05, 4.69) is 5.32 Å². The summed E-state index contributed by atoms with van der Waals surface area (Å²) in [7, 11) is 5.93. The Bertz CT molecular complexity index is 437. The van der Waals surface area contributed by atoms with Crippen molar-refractivity contribution in [3.63, 3.8) is 0 Å². The SMILES string of the molecule is CNC1CCN(C(=O)c2ccccc2N(C)C)CC1. The number of piperidine rings is 1. The van der Waals surface area contributed by atoms with E-state index in [1.54, 1.807) is 0 Å². The molecule has 4 heteroatoms. The Morgan fingerprint density at radius 3 is 2.47 bits per heavy atom. The summed E-state index contributed by atoms with van der Waals surface area (Å²) in [6, 6.07) is 8.36. The molecule has 0 spiro atoms. The lowest BCUT2D eigenvalue weighted by molar-refractivity contribution is 0.0708. The number of anilines is 1. The lowest BCUT2D eigenvalue weighted by Gasteiger charge is -2.32. The Hall–Kier alpha value is -1.55. The fourth-order valence-corrected chi connectivity index (χ4v) is 2.59. The number of benzene rings is 1. The minimum atomic E-state index is 0.152. The molecule has 104 valence electrons.